The lowest BCUT2D eigenvalue weighted by molar-refractivity contribution is 0.0895. The molecule has 1 N–H and O–H groups in total. The zero-order valence-electron chi connectivity index (χ0n) is 14.9. The van der Waals surface area contributed by atoms with Crippen LogP contribution in [0.5, 0.6) is 0 Å². The Hall–Kier alpha value is -2.70. The number of aromatic nitrogens is 3. The van der Waals surface area contributed by atoms with Crippen molar-refractivity contribution in [2.75, 3.05) is 0 Å². The summed E-state index contributed by atoms with van der Waals surface area (Å²) in [7, 11) is 2.98. The molecule has 0 radical (unpaired) electrons. The summed E-state index contributed by atoms with van der Waals surface area (Å²) < 4.78 is 2.34. The van der Waals surface area contributed by atoms with E-state index in [2.05, 4.69) is 22.5 Å². The zero-order chi connectivity index (χ0) is 18.4. The van der Waals surface area contributed by atoms with Gasteiger partial charge in [0.25, 0.3) is 11.5 Å². The predicted molar refractivity (Wildman–Crippen MR) is 95.8 cm³/mol. The van der Waals surface area contributed by atoms with Crippen molar-refractivity contribution in [2.45, 2.75) is 38.6 Å². The highest BCUT2D eigenvalue weighted by Gasteiger charge is 2.27. The number of rotatable bonds is 2. The van der Waals surface area contributed by atoms with Crippen molar-refractivity contribution in [3.63, 3.8) is 0 Å². The number of nitrogens with zero attached hydrogens (tertiary/aromatic N) is 3. The Kier molecular flexibility index (Phi) is 4.10. The van der Waals surface area contributed by atoms with Gasteiger partial charge in [-0.3, -0.25) is 18.7 Å². The third-order valence-electron chi connectivity index (χ3n) is 4.85. The third-order valence-corrected chi connectivity index (χ3v) is 4.85. The van der Waals surface area contributed by atoms with E-state index < -0.39 is 11.2 Å². The van der Waals surface area contributed by atoms with Crippen molar-refractivity contribution >= 4 is 16.9 Å². The Bertz CT molecular complexity index is 1020. The molecule has 2 heterocycles. The highest BCUT2D eigenvalue weighted by molar-refractivity contribution is 5.95. The molecule has 2 aromatic rings. The number of pyridine rings is 1. The van der Waals surface area contributed by atoms with Crippen molar-refractivity contribution in [1.29, 1.82) is 0 Å². The van der Waals surface area contributed by atoms with Crippen molar-refractivity contribution in [3.8, 4) is 0 Å². The summed E-state index contributed by atoms with van der Waals surface area (Å²) in [6, 6.07) is 1.60. The van der Waals surface area contributed by atoms with E-state index in [0.717, 1.165) is 23.8 Å². The molecule has 0 aromatic carbocycles. The first-order valence-corrected chi connectivity index (χ1v) is 8.28. The van der Waals surface area contributed by atoms with Gasteiger partial charge >= 0.3 is 5.69 Å². The summed E-state index contributed by atoms with van der Waals surface area (Å²) in [6.45, 7) is 3.76. The van der Waals surface area contributed by atoms with Gasteiger partial charge in [-0.15, -0.1) is 0 Å². The molecule has 0 aliphatic heterocycles. The molecule has 0 saturated heterocycles. The maximum Gasteiger partial charge on any atom is 0.332 e. The molecular formula is C18H22N4O3. The van der Waals surface area contributed by atoms with Crippen LogP contribution in [0.15, 0.2) is 27.8 Å². The summed E-state index contributed by atoms with van der Waals surface area (Å²) >= 11 is 0. The number of aryl methyl sites for hydroxylation is 2. The minimum Gasteiger partial charge on any atom is -0.345 e. The van der Waals surface area contributed by atoms with Gasteiger partial charge in [-0.1, -0.05) is 12.2 Å². The molecule has 3 rings (SSSR count). The molecule has 0 saturated carbocycles. The highest BCUT2D eigenvalue weighted by Crippen LogP contribution is 2.23. The number of carbonyl (C=O) groups excluding carboxylic acids is 1. The van der Waals surface area contributed by atoms with E-state index >= 15 is 0 Å². The van der Waals surface area contributed by atoms with Gasteiger partial charge in [0.2, 0.25) is 0 Å². The fraction of sp³-hybridized carbons (Fsp3) is 0.444. The van der Waals surface area contributed by atoms with Crippen LogP contribution in [0.25, 0.3) is 11.0 Å². The molecule has 2 aromatic heterocycles. The number of carbonyl (C=O) groups is 1. The van der Waals surface area contributed by atoms with E-state index in [-0.39, 0.29) is 22.8 Å². The first-order valence-electron chi connectivity index (χ1n) is 8.28. The molecule has 1 amide bonds. The number of hydrogen-bond acceptors (Lipinski definition) is 4. The van der Waals surface area contributed by atoms with Crippen LogP contribution in [0, 0.1) is 6.92 Å². The number of hydrogen-bond donors (Lipinski definition) is 1. The normalized spacial score (nSPS) is 20.0. The van der Waals surface area contributed by atoms with Gasteiger partial charge < -0.3 is 5.32 Å². The Morgan fingerprint density at radius 1 is 1.24 bits per heavy atom. The van der Waals surface area contributed by atoms with E-state index in [4.69, 9.17) is 0 Å². The average molecular weight is 342 g/mol. The molecule has 1 aliphatic carbocycles. The minimum absolute atomic E-state index is 0.212. The van der Waals surface area contributed by atoms with Gasteiger partial charge in [-0.05, 0) is 44.7 Å². The van der Waals surface area contributed by atoms with Crippen LogP contribution < -0.4 is 16.6 Å². The monoisotopic (exact) mass is 342 g/mol. The molecule has 1 atom stereocenters. The molecule has 1 unspecified atom stereocenters. The van der Waals surface area contributed by atoms with Crippen LogP contribution in [-0.4, -0.2) is 25.6 Å². The fourth-order valence-corrected chi connectivity index (χ4v) is 3.27. The van der Waals surface area contributed by atoms with Crippen molar-refractivity contribution in [1.82, 2.24) is 19.4 Å². The van der Waals surface area contributed by atoms with Crippen LogP contribution in [0.2, 0.25) is 0 Å². The molecule has 1 aliphatic rings. The van der Waals surface area contributed by atoms with E-state index in [1.807, 2.05) is 6.92 Å². The van der Waals surface area contributed by atoms with Crippen molar-refractivity contribution in [2.24, 2.45) is 14.1 Å². The van der Waals surface area contributed by atoms with Gasteiger partial charge in [0, 0.05) is 19.6 Å². The van der Waals surface area contributed by atoms with Gasteiger partial charge in [0.05, 0.1) is 5.39 Å². The summed E-state index contributed by atoms with van der Waals surface area (Å²) in [5, 5.41) is 3.39. The van der Waals surface area contributed by atoms with E-state index in [9.17, 15) is 14.4 Å². The maximum absolute atomic E-state index is 12.7. The Labute approximate surface area is 145 Å². The summed E-state index contributed by atoms with van der Waals surface area (Å²) in [5.74, 6) is -0.295. The van der Waals surface area contributed by atoms with Crippen LogP contribution >= 0.6 is 0 Å². The molecule has 7 heteroatoms. The lowest BCUT2D eigenvalue weighted by atomic mass is 9.87. The predicted octanol–water partition coefficient (Wildman–Crippen LogP) is 1.17. The number of nitrogens with one attached hydrogen (secondary N) is 1. The SMILES string of the molecule is Cc1cc(C(=O)NC2(C)CC=CCC2)nc2c1c(=O)n(C)c(=O)n2C. The number of allylic oxidation sites excluding steroid dienone is 1. The van der Waals surface area contributed by atoms with E-state index in [1.165, 1.54) is 11.6 Å². The topological polar surface area (TPSA) is 86.0 Å². The molecule has 0 fully saturated rings. The third kappa shape index (κ3) is 2.90. The van der Waals surface area contributed by atoms with Gasteiger partial charge in [0.15, 0.2) is 0 Å². The molecule has 0 spiro atoms. The summed E-state index contributed by atoms with van der Waals surface area (Å²) in [4.78, 5) is 41.5. The first kappa shape index (κ1) is 17.1. The van der Waals surface area contributed by atoms with Crippen LogP contribution in [0.3, 0.4) is 0 Å². The lowest BCUT2D eigenvalue weighted by Crippen LogP contribution is -2.46. The lowest BCUT2D eigenvalue weighted by Gasteiger charge is -2.31. The van der Waals surface area contributed by atoms with E-state index in [0.29, 0.717) is 10.9 Å². The second-order valence-corrected chi connectivity index (χ2v) is 6.96. The molecular weight excluding hydrogens is 320 g/mol. The highest BCUT2D eigenvalue weighted by atomic mass is 16.2. The van der Waals surface area contributed by atoms with Crippen LogP contribution in [-0.2, 0) is 14.1 Å². The van der Waals surface area contributed by atoms with Gasteiger partial charge in [0.1, 0.15) is 11.3 Å². The van der Waals surface area contributed by atoms with Crippen LogP contribution in [0.4, 0.5) is 0 Å². The summed E-state index contributed by atoms with van der Waals surface area (Å²) in [6.07, 6.45) is 6.73. The molecule has 7 nitrogen and oxygen atoms in total. The van der Waals surface area contributed by atoms with Crippen molar-refractivity contribution in [3.05, 3.63) is 50.3 Å². The maximum atomic E-state index is 12.7. The Balaban J connectivity index is 2.09. The average Bonchev–Trinajstić information content (AvgIpc) is 2.57. The van der Waals surface area contributed by atoms with Crippen molar-refractivity contribution < 1.29 is 4.79 Å². The second-order valence-electron chi connectivity index (χ2n) is 6.96. The fourth-order valence-electron chi connectivity index (χ4n) is 3.27. The standard InChI is InChI=1S/C18H22N4O3/c1-11-10-12(15(23)20-18(2)8-6-5-7-9-18)19-14-13(11)16(24)22(4)17(25)21(14)3/h5-6,10H,7-9H2,1-4H3,(H,20,23). The summed E-state index contributed by atoms with van der Waals surface area (Å²) in [5.41, 5.74) is -0.114. The smallest absolute Gasteiger partial charge is 0.332 e. The van der Waals surface area contributed by atoms with Gasteiger partial charge in [-0.2, -0.15) is 0 Å². The Morgan fingerprint density at radius 3 is 2.60 bits per heavy atom. The molecule has 0 bridgehead atoms. The molecule has 132 valence electrons. The second kappa shape index (κ2) is 5.98. The Morgan fingerprint density at radius 2 is 1.96 bits per heavy atom. The number of amides is 1. The largest absolute Gasteiger partial charge is 0.345 e. The molecule has 25 heavy (non-hydrogen) atoms. The first-order chi connectivity index (χ1) is 11.7. The van der Waals surface area contributed by atoms with Gasteiger partial charge in [-0.25, -0.2) is 9.78 Å². The number of fused-ring (bicyclic) bond motifs is 1. The zero-order valence-corrected chi connectivity index (χ0v) is 14.9. The quantitative estimate of drug-likeness (QED) is 0.830. The van der Waals surface area contributed by atoms with Crippen LogP contribution in [0.1, 0.15) is 42.2 Å². The minimum atomic E-state index is -0.466. The van der Waals surface area contributed by atoms with E-state index in [1.54, 1.807) is 20.0 Å².